The Morgan fingerprint density at radius 2 is 2.19 bits per heavy atom. The van der Waals surface area contributed by atoms with E-state index < -0.39 is 0 Å². The maximum Gasteiger partial charge on any atom is 0.257 e. The Hall–Kier alpha value is -1.81. The Bertz CT molecular complexity index is 534. The van der Waals surface area contributed by atoms with Crippen molar-refractivity contribution in [1.29, 1.82) is 0 Å². The van der Waals surface area contributed by atoms with Crippen molar-refractivity contribution in [2.75, 3.05) is 25.6 Å². The molecule has 0 fully saturated rings. The fourth-order valence-electron chi connectivity index (χ4n) is 1.59. The smallest absolute Gasteiger partial charge is 0.257 e. The Morgan fingerprint density at radius 1 is 1.38 bits per heavy atom. The molecule has 4 heteroatoms. The number of H-pyrrole nitrogens is 1. The van der Waals surface area contributed by atoms with Crippen molar-refractivity contribution in [2.45, 2.75) is 0 Å². The number of hydrogen-bond acceptors (Lipinski definition) is 3. The molecule has 84 valence electrons. The second-order valence-electron chi connectivity index (χ2n) is 3.52. The number of rotatable bonds is 4. The minimum absolute atomic E-state index is 0.0713. The van der Waals surface area contributed by atoms with Crippen LogP contribution in [0.1, 0.15) is 0 Å². The van der Waals surface area contributed by atoms with Crippen molar-refractivity contribution in [3.05, 3.63) is 40.7 Å². The molecule has 0 amide bonds. The predicted molar refractivity (Wildman–Crippen MR) is 64.9 cm³/mol. The molecule has 4 nitrogen and oxygen atoms in total. The lowest BCUT2D eigenvalue weighted by Crippen LogP contribution is -2.13. The third kappa shape index (κ3) is 2.23. The zero-order valence-corrected chi connectivity index (χ0v) is 9.12. The molecule has 2 rings (SSSR count). The average Bonchev–Trinajstić information content (AvgIpc) is 2.30. The van der Waals surface area contributed by atoms with Crippen LogP contribution in [0.2, 0.25) is 0 Å². The summed E-state index contributed by atoms with van der Waals surface area (Å²) >= 11 is 0. The van der Waals surface area contributed by atoms with E-state index in [2.05, 4.69) is 10.3 Å². The van der Waals surface area contributed by atoms with Crippen molar-refractivity contribution in [1.82, 2.24) is 4.98 Å². The van der Waals surface area contributed by atoms with Crippen LogP contribution in [-0.4, -0.2) is 25.2 Å². The highest BCUT2D eigenvalue weighted by molar-refractivity contribution is 5.83. The molecule has 16 heavy (non-hydrogen) atoms. The zero-order valence-electron chi connectivity index (χ0n) is 9.12. The van der Waals surface area contributed by atoms with Gasteiger partial charge < -0.3 is 15.0 Å². The molecule has 0 bridgehead atoms. The number of anilines is 1. The molecule has 0 aliphatic heterocycles. The summed E-state index contributed by atoms with van der Waals surface area (Å²) in [6.45, 7) is 1.28. The van der Waals surface area contributed by atoms with Gasteiger partial charge in [-0.05, 0) is 17.5 Å². The summed E-state index contributed by atoms with van der Waals surface area (Å²) in [5.74, 6) is 0.723. The van der Waals surface area contributed by atoms with E-state index >= 15 is 0 Å². The monoisotopic (exact) mass is 218 g/mol. The van der Waals surface area contributed by atoms with Gasteiger partial charge in [0.25, 0.3) is 5.56 Å². The summed E-state index contributed by atoms with van der Waals surface area (Å²) in [6.07, 6.45) is 0. The van der Waals surface area contributed by atoms with Gasteiger partial charge in [-0.15, -0.1) is 0 Å². The van der Waals surface area contributed by atoms with Crippen LogP contribution in [0.15, 0.2) is 35.1 Å². The number of methoxy groups -OCH3 is 1. The summed E-state index contributed by atoms with van der Waals surface area (Å²) < 4.78 is 4.93. The molecular formula is C12H14N2O2. The summed E-state index contributed by atoms with van der Waals surface area (Å²) in [4.78, 5) is 14.5. The van der Waals surface area contributed by atoms with E-state index in [4.69, 9.17) is 4.74 Å². The van der Waals surface area contributed by atoms with Gasteiger partial charge in [-0.1, -0.05) is 18.2 Å². The van der Waals surface area contributed by atoms with Crippen LogP contribution in [0.25, 0.3) is 10.8 Å². The number of hydrogen-bond donors (Lipinski definition) is 2. The van der Waals surface area contributed by atoms with E-state index in [1.807, 2.05) is 30.3 Å². The predicted octanol–water partition coefficient (Wildman–Crippen LogP) is 1.59. The molecule has 2 aromatic rings. The van der Waals surface area contributed by atoms with E-state index in [1.165, 1.54) is 0 Å². The highest BCUT2D eigenvalue weighted by Crippen LogP contribution is 2.12. The SMILES string of the molecule is COCCNc1cc2ccccc2c(=O)[nH]1. The van der Waals surface area contributed by atoms with Crippen molar-refractivity contribution < 1.29 is 4.74 Å². The standard InChI is InChI=1S/C12H14N2O2/c1-16-7-6-13-11-8-9-4-2-3-5-10(9)12(15)14-11/h2-5,8H,6-7H2,1H3,(H2,13,14,15). The summed E-state index contributed by atoms with van der Waals surface area (Å²) in [7, 11) is 1.64. The first kappa shape index (κ1) is 10.7. The number of benzene rings is 1. The molecule has 0 radical (unpaired) electrons. The first-order valence-corrected chi connectivity index (χ1v) is 5.16. The van der Waals surface area contributed by atoms with E-state index in [0.29, 0.717) is 18.5 Å². The molecule has 0 saturated carbocycles. The number of ether oxygens (including phenoxy) is 1. The first-order valence-electron chi connectivity index (χ1n) is 5.16. The molecule has 1 heterocycles. The van der Waals surface area contributed by atoms with Crippen LogP contribution in [0.4, 0.5) is 5.82 Å². The Kier molecular flexibility index (Phi) is 3.22. The van der Waals surface area contributed by atoms with E-state index in [9.17, 15) is 4.79 Å². The molecule has 0 aliphatic carbocycles. The topological polar surface area (TPSA) is 54.1 Å². The molecule has 0 spiro atoms. The highest BCUT2D eigenvalue weighted by atomic mass is 16.5. The van der Waals surface area contributed by atoms with Gasteiger partial charge in [0, 0.05) is 19.0 Å². The van der Waals surface area contributed by atoms with Crippen molar-refractivity contribution in [3.63, 3.8) is 0 Å². The number of nitrogens with one attached hydrogen (secondary N) is 2. The molecule has 0 saturated heterocycles. The normalized spacial score (nSPS) is 10.6. The molecule has 1 aromatic carbocycles. The fraction of sp³-hybridized carbons (Fsp3) is 0.250. The Labute approximate surface area is 93.3 Å². The lowest BCUT2D eigenvalue weighted by atomic mass is 10.2. The lowest BCUT2D eigenvalue weighted by molar-refractivity contribution is 0.210. The summed E-state index contributed by atoms with van der Waals surface area (Å²) in [6, 6.07) is 9.43. The van der Waals surface area contributed by atoms with Crippen molar-refractivity contribution >= 4 is 16.6 Å². The van der Waals surface area contributed by atoms with Gasteiger partial charge in [0.2, 0.25) is 0 Å². The number of aromatic amines is 1. The van der Waals surface area contributed by atoms with Gasteiger partial charge in [0.05, 0.1) is 6.61 Å². The average molecular weight is 218 g/mol. The maximum absolute atomic E-state index is 11.7. The first-order chi connectivity index (χ1) is 7.81. The van der Waals surface area contributed by atoms with Crippen LogP contribution in [0.5, 0.6) is 0 Å². The lowest BCUT2D eigenvalue weighted by Gasteiger charge is -2.06. The second kappa shape index (κ2) is 4.81. The third-order valence-electron chi connectivity index (χ3n) is 2.38. The van der Waals surface area contributed by atoms with E-state index in [1.54, 1.807) is 7.11 Å². The van der Waals surface area contributed by atoms with Gasteiger partial charge in [-0.2, -0.15) is 0 Å². The van der Waals surface area contributed by atoms with E-state index in [-0.39, 0.29) is 5.56 Å². The van der Waals surface area contributed by atoms with Crippen LogP contribution in [0.3, 0.4) is 0 Å². The van der Waals surface area contributed by atoms with Gasteiger partial charge >= 0.3 is 0 Å². The Morgan fingerprint density at radius 3 is 3.00 bits per heavy atom. The second-order valence-corrected chi connectivity index (χ2v) is 3.52. The van der Waals surface area contributed by atoms with Gasteiger partial charge in [0.1, 0.15) is 5.82 Å². The molecule has 1 aromatic heterocycles. The van der Waals surface area contributed by atoms with Crippen molar-refractivity contribution in [2.24, 2.45) is 0 Å². The van der Waals surface area contributed by atoms with E-state index in [0.717, 1.165) is 11.2 Å². The van der Waals surface area contributed by atoms with Crippen molar-refractivity contribution in [3.8, 4) is 0 Å². The fourth-order valence-corrected chi connectivity index (χ4v) is 1.59. The van der Waals surface area contributed by atoms with Crippen LogP contribution in [-0.2, 0) is 4.74 Å². The molecule has 2 N–H and O–H groups in total. The quantitative estimate of drug-likeness (QED) is 0.766. The van der Waals surface area contributed by atoms with Gasteiger partial charge in [-0.3, -0.25) is 4.79 Å². The number of aromatic nitrogens is 1. The van der Waals surface area contributed by atoms with Gasteiger partial charge in [-0.25, -0.2) is 0 Å². The molecule has 0 unspecified atom stereocenters. The van der Waals surface area contributed by atoms with Gasteiger partial charge in [0.15, 0.2) is 0 Å². The largest absolute Gasteiger partial charge is 0.383 e. The minimum Gasteiger partial charge on any atom is -0.383 e. The number of pyridine rings is 1. The maximum atomic E-state index is 11.7. The molecule has 0 atom stereocenters. The summed E-state index contributed by atoms with van der Waals surface area (Å²) in [5.41, 5.74) is -0.0713. The third-order valence-corrected chi connectivity index (χ3v) is 2.38. The minimum atomic E-state index is -0.0713. The van der Waals surface area contributed by atoms with Crippen LogP contribution >= 0.6 is 0 Å². The van der Waals surface area contributed by atoms with Crippen LogP contribution < -0.4 is 10.9 Å². The Balaban J connectivity index is 2.31. The molecular weight excluding hydrogens is 204 g/mol. The zero-order chi connectivity index (χ0) is 11.4. The number of fused-ring (bicyclic) bond motifs is 1. The molecule has 0 aliphatic rings. The highest BCUT2D eigenvalue weighted by Gasteiger charge is 2.00. The van der Waals surface area contributed by atoms with Crippen LogP contribution in [0, 0.1) is 0 Å². The summed E-state index contributed by atoms with van der Waals surface area (Å²) in [5, 5.41) is 4.74.